The van der Waals surface area contributed by atoms with E-state index in [0.717, 1.165) is 0 Å². The van der Waals surface area contributed by atoms with E-state index in [9.17, 15) is 9.18 Å². The molecular weight excluding hydrogens is 263 g/mol. The number of carboxylic acids is 1. The zero-order valence-electron chi connectivity index (χ0n) is 12.1. The van der Waals surface area contributed by atoms with Crippen LogP contribution in [0, 0.1) is 5.82 Å². The second-order valence-corrected chi connectivity index (χ2v) is 10.9. The van der Waals surface area contributed by atoms with E-state index in [1.807, 2.05) is 13.1 Å². The maximum atomic E-state index is 13.9. The minimum atomic E-state index is -2.19. The van der Waals surface area contributed by atoms with Crippen molar-refractivity contribution in [1.29, 1.82) is 0 Å². The highest BCUT2D eigenvalue weighted by Gasteiger charge is 2.40. The Kier molecular flexibility index (Phi) is 4.40. The number of carboxylic acid groups (broad SMARTS) is 1. The number of carbonyl (C=O) groups is 1. The Morgan fingerprint density at radius 2 is 1.95 bits per heavy atom. The van der Waals surface area contributed by atoms with Crippen LogP contribution in [-0.2, 0) is 11.2 Å². The fraction of sp³-hybridized carbons (Fsp3) is 0.500. The molecule has 0 aliphatic heterocycles. The van der Waals surface area contributed by atoms with E-state index >= 15 is 0 Å². The molecule has 0 heterocycles. The van der Waals surface area contributed by atoms with Crippen LogP contribution < -0.4 is 4.43 Å². The van der Waals surface area contributed by atoms with Gasteiger partial charge in [0.1, 0.15) is 5.75 Å². The van der Waals surface area contributed by atoms with Gasteiger partial charge in [-0.3, -0.25) is 4.79 Å². The Morgan fingerprint density at radius 3 is 2.42 bits per heavy atom. The summed E-state index contributed by atoms with van der Waals surface area (Å²) in [5.41, 5.74) is 0.386. The van der Waals surface area contributed by atoms with Crippen molar-refractivity contribution in [3.63, 3.8) is 0 Å². The average molecular weight is 284 g/mol. The Hall–Kier alpha value is -1.36. The molecule has 0 atom stereocenters. The standard InChI is InChI=1S/C14H21FO3Si/c1-14(2,3)19(4,5)18-13-10(9-12(16)17)7-6-8-11(13)15/h6-8H,9H2,1-5H3,(H,16,17). The van der Waals surface area contributed by atoms with Crippen molar-refractivity contribution in [2.75, 3.05) is 0 Å². The van der Waals surface area contributed by atoms with Crippen molar-refractivity contribution in [2.24, 2.45) is 0 Å². The third-order valence-corrected chi connectivity index (χ3v) is 7.88. The molecule has 3 nitrogen and oxygen atoms in total. The highest BCUT2D eigenvalue weighted by Crippen LogP contribution is 2.39. The molecule has 0 unspecified atom stereocenters. The summed E-state index contributed by atoms with van der Waals surface area (Å²) in [6.45, 7) is 10.2. The fourth-order valence-electron chi connectivity index (χ4n) is 1.38. The van der Waals surface area contributed by atoms with Crippen LogP contribution in [0.1, 0.15) is 26.3 Å². The molecule has 0 bridgehead atoms. The first-order valence-electron chi connectivity index (χ1n) is 6.23. The number of hydrogen-bond donors (Lipinski definition) is 1. The maximum Gasteiger partial charge on any atom is 0.307 e. The van der Waals surface area contributed by atoms with Crippen LogP contribution in [0.2, 0.25) is 18.1 Å². The SMILES string of the molecule is CC(C)(C)[Si](C)(C)Oc1c(F)cccc1CC(=O)O. The van der Waals surface area contributed by atoms with E-state index in [1.165, 1.54) is 12.1 Å². The number of benzene rings is 1. The topological polar surface area (TPSA) is 46.5 Å². The van der Waals surface area contributed by atoms with E-state index in [-0.39, 0.29) is 17.2 Å². The Labute approximate surface area is 114 Å². The van der Waals surface area contributed by atoms with Crippen molar-refractivity contribution >= 4 is 14.3 Å². The van der Waals surface area contributed by atoms with Gasteiger partial charge in [0.25, 0.3) is 8.32 Å². The maximum absolute atomic E-state index is 13.9. The Balaban J connectivity index is 3.16. The molecule has 0 aliphatic carbocycles. The van der Waals surface area contributed by atoms with Crippen LogP contribution in [-0.4, -0.2) is 19.4 Å². The number of para-hydroxylation sites is 1. The molecule has 1 rings (SSSR count). The second-order valence-electron chi connectivity index (χ2n) is 6.16. The third-order valence-electron chi connectivity index (χ3n) is 3.55. The second kappa shape index (κ2) is 5.33. The average Bonchev–Trinajstić information content (AvgIpc) is 2.20. The van der Waals surface area contributed by atoms with E-state index in [1.54, 1.807) is 6.07 Å². The molecule has 1 aromatic carbocycles. The van der Waals surface area contributed by atoms with Gasteiger partial charge < -0.3 is 9.53 Å². The van der Waals surface area contributed by atoms with Gasteiger partial charge in [0.15, 0.2) is 5.82 Å². The van der Waals surface area contributed by atoms with Crippen molar-refractivity contribution in [3.8, 4) is 5.75 Å². The highest BCUT2D eigenvalue weighted by molar-refractivity contribution is 6.74. The third kappa shape index (κ3) is 3.80. The van der Waals surface area contributed by atoms with Gasteiger partial charge >= 0.3 is 5.97 Å². The molecule has 106 valence electrons. The normalized spacial score (nSPS) is 12.3. The van der Waals surface area contributed by atoms with Gasteiger partial charge in [0.05, 0.1) is 6.42 Å². The highest BCUT2D eigenvalue weighted by atomic mass is 28.4. The number of halogens is 1. The van der Waals surface area contributed by atoms with Gasteiger partial charge in [-0.25, -0.2) is 4.39 Å². The summed E-state index contributed by atoms with van der Waals surface area (Å²) >= 11 is 0. The first-order chi connectivity index (χ1) is 8.54. The molecule has 0 fully saturated rings. The quantitative estimate of drug-likeness (QED) is 0.855. The Morgan fingerprint density at radius 1 is 1.37 bits per heavy atom. The van der Waals surface area contributed by atoms with Crippen molar-refractivity contribution in [3.05, 3.63) is 29.6 Å². The molecule has 19 heavy (non-hydrogen) atoms. The largest absolute Gasteiger partial charge is 0.541 e. The van der Waals surface area contributed by atoms with Gasteiger partial charge in [-0.15, -0.1) is 0 Å². The number of hydrogen-bond acceptors (Lipinski definition) is 2. The number of aliphatic carboxylic acids is 1. The van der Waals surface area contributed by atoms with Gasteiger partial charge in [0.2, 0.25) is 0 Å². The lowest BCUT2D eigenvalue weighted by Crippen LogP contribution is -2.44. The summed E-state index contributed by atoms with van der Waals surface area (Å²) in [6.07, 6.45) is -0.234. The van der Waals surface area contributed by atoms with Crippen LogP contribution >= 0.6 is 0 Å². The van der Waals surface area contributed by atoms with Crippen LogP contribution in [0.15, 0.2) is 18.2 Å². The van der Waals surface area contributed by atoms with Gasteiger partial charge in [-0.05, 0) is 24.2 Å². The van der Waals surface area contributed by atoms with E-state index < -0.39 is 20.1 Å². The zero-order chi connectivity index (χ0) is 14.8. The summed E-state index contributed by atoms with van der Waals surface area (Å²) < 4.78 is 19.9. The lowest BCUT2D eigenvalue weighted by Gasteiger charge is -2.37. The molecule has 0 spiro atoms. The van der Waals surface area contributed by atoms with Crippen LogP contribution in [0.3, 0.4) is 0 Å². The van der Waals surface area contributed by atoms with Crippen LogP contribution in [0.5, 0.6) is 5.75 Å². The molecule has 0 amide bonds. The minimum absolute atomic E-state index is 0.0736. The van der Waals surface area contributed by atoms with Crippen molar-refractivity contribution in [1.82, 2.24) is 0 Å². The van der Waals surface area contributed by atoms with Crippen LogP contribution in [0.25, 0.3) is 0 Å². The summed E-state index contributed by atoms with van der Waals surface area (Å²) in [4.78, 5) is 10.8. The predicted octanol–water partition coefficient (Wildman–Crippen LogP) is 3.84. The van der Waals surface area contributed by atoms with Crippen molar-refractivity contribution < 1.29 is 18.7 Å². The Bertz CT molecular complexity index is 478. The van der Waals surface area contributed by atoms with E-state index in [2.05, 4.69) is 20.8 Å². The van der Waals surface area contributed by atoms with Gasteiger partial charge in [-0.1, -0.05) is 32.9 Å². The van der Waals surface area contributed by atoms with Crippen LogP contribution in [0.4, 0.5) is 4.39 Å². The summed E-state index contributed by atoms with van der Waals surface area (Å²) in [5.74, 6) is -1.40. The molecule has 0 aliphatic rings. The fourth-order valence-corrected chi connectivity index (χ4v) is 2.42. The predicted molar refractivity (Wildman–Crippen MR) is 75.6 cm³/mol. The molecule has 0 saturated carbocycles. The molecule has 1 N–H and O–H groups in total. The summed E-state index contributed by atoms with van der Waals surface area (Å²) in [7, 11) is -2.19. The monoisotopic (exact) mass is 284 g/mol. The molecule has 0 saturated heterocycles. The molecule has 1 aromatic rings. The smallest absolute Gasteiger partial charge is 0.307 e. The summed E-state index contributed by atoms with van der Waals surface area (Å²) in [6, 6.07) is 4.40. The lowest BCUT2D eigenvalue weighted by molar-refractivity contribution is -0.136. The lowest BCUT2D eigenvalue weighted by atomic mass is 10.1. The first-order valence-corrected chi connectivity index (χ1v) is 9.13. The molecule has 5 heteroatoms. The van der Waals surface area contributed by atoms with Gasteiger partial charge in [0, 0.05) is 5.56 Å². The van der Waals surface area contributed by atoms with Crippen molar-refractivity contribution in [2.45, 2.75) is 45.3 Å². The van der Waals surface area contributed by atoms with E-state index in [4.69, 9.17) is 9.53 Å². The molecule has 0 radical (unpaired) electrons. The van der Waals surface area contributed by atoms with Gasteiger partial charge in [-0.2, -0.15) is 0 Å². The van der Waals surface area contributed by atoms with E-state index in [0.29, 0.717) is 5.56 Å². The minimum Gasteiger partial charge on any atom is -0.541 e. The summed E-state index contributed by atoms with van der Waals surface area (Å²) in [5, 5.41) is 8.80. The number of rotatable bonds is 4. The molecule has 0 aromatic heterocycles. The molecular formula is C14H21FO3Si. The first kappa shape index (κ1) is 15.7. The zero-order valence-corrected chi connectivity index (χ0v) is 13.1.